The van der Waals surface area contributed by atoms with E-state index in [1.54, 1.807) is 30.3 Å². The Morgan fingerprint density at radius 3 is 2.29 bits per heavy atom. The van der Waals surface area contributed by atoms with Crippen molar-refractivity contribution in [1.82, 2.24) is 9.55 Å². The van der Waals surface area contributed by atoms with Crippen LogP contribution in [-0.2, 0) is 6.54 Å². The maximum Gasteiger partial charge on any atom is 0.573 e. The van der Waals surface area contributed by atoms with Gasteiger partial charge in [-0.3, -0.25) is 0 Å². The summed E-state index contributed by atoms with van der Waals surface area (Å²) in [5.74, 6) is 0.380. The summed E-state index contributed by atoms with van der Waals surface area (Å²) < 4.78 is 44.2. The van der Waals surface area contributed by atoms with Gasteiger partial charge in [-0.15, -0.1) is 13.2 Å². The first-order chi connectivity index (χ1) is 16.2. The molecule has 3 nitrogen and oxygen atoms in total. The van der Waals surface area contributed by atoms with Crippen molar-refractivity contribution < 1.29 is 17.9 Å². The summed E-state index contributed by atoms with van der Waals surface area (Å²) in [4.78, 5) is 4.73. The van der Waals surface area contributed by atoms with E-state index in [0.717, 1.165) is 21.2 Å². The van der Waals surface area contributed by atoms with E-state index in [4.69, 9.17) is 28.2 Å². The Balaban J connectivity index is 1.66. The highest BCUT2D eigenvalue weighted by molar-refractivity contribution is 9.10. The second-order valence-corrected chi connectivity index (χ2v) is 9.07. The number of rotatable bonds is 6. The summed E-state index contributed by atoms with van der Waals surface area (Å²) in [6, 6.07) is 18.7. The van der Waals surface area contributed by atoms with Gasteiger partial charge in [-0.05, 0) is 59.7 Å². The molecule has 0 amide bonds. The SMILES string of the molecule is FC(F)(F)Oc1ccc(Cn2cc(-c3ccc(Cl)cc3Cl)nc2C=Cc2ccc(Br)cc2)cc1. The number of hydrogen-bond acceptors (Lipinski definition) is 2. The lowest BCUT2D eigenvalue weighted by atomic mass is 10.2. The van der Waals surface area contributed by atoms with Crippen LogP contribution in [0.3, 0.4) is 0 Å². The minimum Gasteiger partial charge on any atom is -0.406 e. The summed E-state index contributed by atoms with van der Waals surface area (Å²) in [6.07, 6.45) is 0.913. The third-order valence-electron chi connectivity index (χ3n) is 4.82. The Morgan fingerprint density at radius 1 is 0.941 bits per heavy atom. The van der Waals surface area contributed by atoms with E-state index in [-0.39, 0.29) is 5.75 Å². The Bertz CT molecular complexity index is 1320. The Labute approximate surface area is 212 Å². The number of alkyl halides is 3. The molecule has 0 spiro atoms. The molecule has 34 heavy (non-hydrogen) atoms. The van der Waals surface area contributed by atoms with Crippen molar-refractivity contribution in [3.63, 3.8) is 0 Å². The van der Waals surface area contributed by atoms with Crippen molar-refractivity contribution in [2.24, 2.45) is 0 Å². The predicted octanol–water partition coefficient (Wildman–Crippen LogP) is 8.74. The van der Waals surface area contributed by atoms with Gasteiger partial charge in [0.2, 0.25) is 0 Å². The molecule has 0 fully saturated rings. The van der Waals surface area contributed by atoms with Gasteiger partial charge in [0.15, 0.2) is 0 Å². The van der Waals surface area contributed by atoms with Crippen LogP contribution in [0.1, 0.15) is 17.0 Å². The molecule has 3 aromatic carbocycles. The average molecular weight is 568 g/mol. The van der Waals surface area contributed by atoms with E-state index in [2.05, 4.69) is 20.7 Å². The zero-order valence-electron chi connectivity index (χ0n) is 17.4. The van der Waals surface area contributed by atoms with Crippen LogP contribution in [0.4, 0.5) is 13.2 Å². The molecule has 0 bridgehead atoms. The van der Waals surface area contributed by atoms with Gasteiger partial charge in [0, 0.05) is 27.8 Å². The second-order valence-electron chi connectivity index (χ2n) is 7.31. The molecule has 0 aliphatic rings. The summed E-state index contributed by atoms with van der Waals surface area (Å²) in [5, 5.41) is 0.985. The minimum absolute atomic E-state index is 0.272. The number of hydrogen-bond donors (Lipinski definition) is 0. The number of halogens is 6. The molecule has 0 N–H and O–H groups in total. The van der Waals surface area contributed by atoms with E-state index in [0.29, 0.717) is 28.1 Å². The first-order valence-corrected chi connectivity index (χ1v) is 11.5. The number of benzene rings is 3. The normalized spacial score (nSPS) is 11.8. The topological polar surface area (TPSA) is 27.1 Å². The Hall–Kier alpha value is -2.74. The van der Waals surface area contributed by atoms with Crippen LogP contribution < -0.4 is 4.74 Å². The van der Waals surface area contributed by atoms with Crippen LogP contribution in [0, 0.1) is 0 Å². The molecule has 1 aromatic heterocycles. The van der Waals surface area contributed by atoms with Crippen LogP contribution in [0.25, 0.3) is 23.4 Å². The van der Waals surface area contributed by atoms with Crippen LogP contribution in [0.2, 0.25) is 10.0 Å². The lowest BCUT2D eigenvalue weighted by Gasteiger charge is -2.10. The molecule has 0 aliphatic heterocycles. The maximum atomic E-state index is 12.4. The minimum atomic E-state index is -4.73. The maximum absolute atomic E-state index is 12.4. The van der Waals surface area contributed by atoms with E-state index in [9.17, 15) is 13.2 Å². The quantitative estimate of drug-likeness (QED) is 0.233. The monoisotopic (exact) mass is 566 g/mol. The van der Waals surface area contributed by atoms with Crippen LogP contribution in [-0.4, -0.2) is 15.9 Å². The molecule has 4 rings (SSSR count). The zero-order chi connectivity index (χ0) is 24.3. The summed E-state index contributed by atoms with van der Waals surface area (Å²) in [5.41, 5.74) is 3.13. The molecular formula is C25H16BrCl2F3N2O. The van der Waals surface area contributed by atoms with E-state index in [1.165, 1.54) is 12.1 Å². The second kappa shape index (κ2) is 10.3. The molecule has 1 heterocycles. The first-order valence-electron chi connectivity index (χ1n) is 9.97. The van der Waals surface area contributed by atoms with Gasteiger partial charge in [0.1, 0.15) is 11.6 Å². The van der Waals surface area contributed by atoms with Gasteiger partial charge in [0.25, 0.3) is 0 Å². The van der Waals surface area contributed by atoms with Crippen LogP contribution in [0.15, 0.2) is 77.4 Å². The molecule has 0 radical (unpaired) electrons. The highest BCUT2D eigenvalue weighted by Gasteiger charge is 2.30. The fourth-order valence-corrected chi connectivity index (χ4v) is 4.02. The van der Waals surface area contributed by atoms with Gasteiger partial charge in [-0.25, -0.2) is 4.98 Å². The average Bonchev–Trinajstić information content (AvgIpc) is 3.16. The number of nitrogens with zero attached hydrogens (tertiary/aromatic N) is 2. The van der Waals surface area contributed by atoms with Crippen LogP contribution in [0.5, 0.6) is 5.75 Å². The van der Waals surface area contributed by atoms with Crippen molar-refractivity contribution in [2.45, 2.75) is 12.9 Å². The molecule has 0 aliphatic carbocycles. The molecule has 0 unspecified atom stereocenters. The molecule has 174 valence electrons. The zero-order valence-corrected chi connectivity index (χ0v) is 20.5. The lowest BCUT2D eigenvalue weighted by molar-refractivity contribution is -0.274. The van der Waals surface area contributed by atoms with Gasteiger partial charge in [-0.1, -0.05) is 69.5 Å². The van der Waals surface area contributed by atoms with Crippen LogP contribution >= 0.6 is 39.1 Å². The molecule has 4 aromatic rings. The lowest BCUT2D eigenvalue weighted by Crippen LogP contribution is -2.17. The standard InChI is InChI=1S/C25H16BrCl2F3N2O/c26-18-6-1-16(2-7-18)5-12-24-32-23(21-11-8-19(27)13-22(21)28)15-33(24)14-17-3-9-20(10-4-17)34-25(29,30)31/h1-13,15H,14H2. The largest absolute Gasteiger partial charge is 0.573 e. The van der Waals surface area contributed by atoms with E-state index < -0.39 is 6.36 Å². The van der Waals surface area contributed by atoms with Crippen molar-refractivity contribution in [3.8, 4) is 17.0 Å². The first kappa shape index (κ1) is 24.4. The van der Waals surface area contributed by atoms with E-state index in [1.807, 2.05) is 47.2 Å². The number of aromatic nitrogens is 2. The third-order valence-corrected chi connectivity index (χ3v) is 5.90. The smallest absolute Gasteiger partial charge is 0.406 e. The summed E-state index contributed by atoms with van der Waals surface area (Å²) in [6.45, 7) is 0.379. The highest BCUT2D eigenvalue weighted by Crippen LogP contribution is 2.31. The third kappa shape index (κ3) is 6.44. The summed E-state index contributed by atoms with van der Waals surface area (Å²) in [7, 11) is 0. The Kier molecular flexibility index (Phi) is 7.36. The highest BCUT2D eigenvalue weighted by atomic mass is 79.9. The molecule has 0 saturated carbocycles. The molecular weight excluding hydrogens is 552 g/mol. The van der Waals surface area contributed by atoms with Gasteiger partial charge in [-0.2, -0.15) is 0 Å². The predicted molar refractivity (Wildman–Crippen MR) is 133 cm³/mol. The van der Waals surface area contributed by atoms with Crippen molar-refractivity contribution in [2.75, 3.05) is 0 Å². The number of ether oxygens (including phenoxy) is 1. The van der Waals surface area contributed by atoms with Crippen molar-refractivity contribution in [3.05, 3.63) is 104 Å². The van der Waals surface area contributed by atoms with Gasteiger partial charge in [0.05, 0.1) is 10.7 Å². The molecule has 0 atom stereocenters. The fraction of sp³-hybridized carbons (Fsp3) is 0.0800. The number of imidazole rings is 1. The van der Waals surface area contributed by atoms with Gasteiger partial charge < -0.3 is 9.30 Å². The molecule has 0 saturated heterocycles. The Morgan fingerprint density at radius 2 is 1.65 bits per heavy atom. The van der Waals surface area contributed by atoms with Crippen molar-refractivity contribution >= 4 is 51.3 Å². The van der Waals surface area contributed by atoms with Crippen molar-refractivity contribution in [1.29, 1.82) is 0 Å². The van der Waals surface area contributed by atoms with E-state index >= 15 is 0 Å². The molecule has 9 heteroatoms. The summed E-state index contributed by atoms with van der Waals surface area (Å²) >= 11 is 15.8. The fourth-order valence-electron chi connectivity index (χ4n) is 3.25. The van der Waals surface area contributed by atoms with Gasteiger partial charge >= 0.3 is 6.36 Å².